The summed E-state index contributed by atoms with van der Waals surface area (Å²) in [5.41, 5.74) is 1.24. The molecule has 0 aliphatic heterocycles. The number of aliphatic hydroxyl groups is 1. The van der Waals surface area contributed by atoms with Crippen LogP contribution >= 0.6 is 11.8 Å². The lowest BCUT2D eigenvalue weighted by Gasteiger charge is -2.61. The molecule has 4 atom stereocenters. The van der Waals surface area contributed by atoms with Gasteiger partial charge in [-0.3, -0.25) is 9.36 Å². The zero-order valence-electron chi connectivity index (χ0n) is 22.5. The van der Waals surface area contributed by atoms with Crippen LogP contribution in [0.5, 0.6) is 0 Å². The summed E-state index contributed by atoms with van der Waals surface area (Å²) in [6.07, 6.45) is 6.12. The van der Waals surface area contributed by atoms with Crippen LogP contribution < -0.4 is 0 Å². The Morgan fingerprint density at radius 3 is 2.35 bits per heavy atom. The number of thioether (sulfide) groups is 1. The van der Waals surface area contributed by atoms with Crippen molar-refractivity contribution in [3.8, 4) is 5.69 Å². The number of rotatable bonds is 7. The van der Waals surface area contributed by atoms with Gasteiger partial charge in [-0.2, -0.15) is 0 Å². The third-order valence-electron chi connectivity index (χ3n) is 9.29. The van der Waals surface area contributed by atoms with Crippen LogP contribution in [0.4, 0.5) is 0 Å². The number of fused-ring (bicyclic) bond motifs is 1. The standard InChI is InChI=1S/C31H39N3O2S/c1-29(2)17-11-18-30(3)25(29)16-19-31(4,36)26(30)20-27-32-33-28(34(27)23-14-9-6-10-15-23)37-21-24(35)22-12-7-5-8-13-22/h5-10,12-15,25-26,36H,11,16-21H2,1-4H3/t25-,26+,30-,31+/m0/s1. The highest BCUT2D eigenvalue weighted by Crippen LogP contribution is 2.62. The van der Waals surface area contributed by atoms with E-state index in [1.54, 1.807) is 0 Å². The minimum Gasteiger partial charge on any atom is -0.390 e. The first kappa shape index (κ1) is 26.2. The molecule has 196 valence electrons. The van der Waals surface area contributed by atoms with E-state index in [0.717, 1.165) is 30.8 Å². The minimum atomic E-state index is -0.761. The van der Waals surface area contributed by atoms with Gasteiger partial charge in [-0.05, 0) is 61.5 Å². The van der Waals surface area contributed by atoms with E-state index in [9.17, 15) is 9.90 Å². The molecule has 0 radical (unpaired) electrons. The minimum absolute atomic E-state index is 0.0353. The number of nitrogens with zero attached hydrogens (tertiary/aromatic N) is 3. The van der Waals surface area contributed by atoms with Gasteiger partial charge >= 0.3 is 0 Å². The molecule has 6 heteroatoms. The Balaban J connectivity index is 1.48. The van der Waals surface area contributed by atoms with E-state index in [1.807, 2.05) is 55.5 Å². The summed E-state index contributed by atoms with van der Waals surface area (Å²) in [6, 6.07) is 19.5. The van der Waals surface area contributed by atoms with Gasteiger partial charge in [0.2, 0.25) is 0 Å². The van der Waals surface area contributed by atoms with Gasteiger partial charge in [-0.15, -0.1) is 10.2 Å². The first-order chi connectivity index (χ1) is 17.6. The zero-order chi connectivity index (χ0) is 26.3. The maximum absolute atomic E-state index is 12.8. The lowest BCUT2D eigenvalue weighted by Crippen LogP contribution is -2.58. The second-order valence-electron chi connectivity index (χ2n) is 12.2. The fourth-order valence-electron chi connectivity index (χ4n) is 7.46. The van der Waals surface area contributed by atoms with Gasteiger partial charge in [0.25, 0.3) is 0 Å². The molecule has 1 heterocycles. The topological polar surface area (TPSA) is 68.0 Å². The number of Topliss-reactive ketones (excluding diaryl/α,β-unsaturated/α-hetero) is 1. The monoisotopic (exact) mass is 517 g/mol. The van der Waals surface area contributed by atoms with Gasteiger partial charge in [0.15, 0.2) is 10.9 Å². The maximum Gasteiger partial charge on any atom is 0.196 e. The molecule has 2 saturated carbocycles. The normalized spacial score (nSPS) is 29.0. The van der Waals surface area contributed by atoms with Crippen molar-refractivity contribution in [1.82, 2.24) is 14.8 Å². The van der Waals surface area contributed by atoms with Crippen LogP contribution in [0.3, 0.4) is 0 Å². The average Bonchev–Trinajstić information content (AvgIpc) is 3.28. The Bertz CT molecular complexity index is 1240. The van der Waals surface area contributed by atoms with Crippen LogP contribution in [0.15, 0.2) is 65.8 Å². The van der Waals surface area contributed by atoms with Crippen LogP contribution in [0, 0.1) is 22.7 Å². The number of aromatic nitrogens is 3. The van der Waals surface area contributed by atoms with Crippen molar-refractivity contribution in [2.24, 2.45) is 22.7 Å². The second-order valence-corrected chi connectivity index (χ2v) is 13.1. The lowest BCUT2D eigenvalue weighted by atomic mass is 9.45. The molecule has 2 aromatic carbocycles. The fraction of sp³-hybridized carbons (Fsp3) is 0.516. The number of para-hydroxylation sites is 1. The highest BCUT2D eigenvalue weighted by molar-refractivity contribution is 7.99. The molecule has 0 spiro atoms. The van der Waals surface area contributed by atoms with Gasteiger partial charge in [0.05, 0.1) is 11.4 Å². The predicted molar refractivity (Wildman–Crippen MR) is 149 cm³/mol. The van der Waals surface area contributed by atoms with E-state index in [4.69, 9.17) is 0 Å². The molecule has 3 aromatic rings. The highest BCUT2D eigenvalue weighted by atomic mass is 32.2. The van der Waals surface area contributed by atoms with Gasteiger partial charge in [0.1, 0.15) is 5.82 Å². The van der Waals surface area contributed by atoms with Crippen molar-refractivity contribution in [3.05, 3.63) is 72.1 Å². The molecule has 0 amide bonds. The van der Waals surface area contributed by atoms with Gasteiger partial charge < -0.3 is 5.11 Å². The molecule has 0 saturated heterocycles. The quantitative estimate of drug-likeness (QED) is 0.276. The van der Waals surface area contributed by atoms with Crippen molar-refractivity contribution in [3.63, 3.8) is 0 Å². The van der Waals surface area contributed by atoms with Crippen LogP contribution in [0.25, 0.3) is 5.69 Å². The van der Waals surface area contributed by atoms with Crippen LogP contribution in [0.1, 0.15) is 76.0 Å². The molecule has 37 heavy (non-hydrogen) atoms. The Kier molecular flexibility index (Phi) is 7.10. The molecule has 2 aliphatic carbocycles. The summed E-state index contributed by atoms with van der Waals surface area (Å²) in [5.74, 6) is 1.88. The lowest BCUT2D eigenvalue weighted by molar-refractivity contribution is -0.167. The van der Waals surface area contributed by atoms with E-state index >= 15 is 0 Å². The average molecular weight is 518 g/mol. The van der Waals surface area contributed by atoms with Crippen molar-refractivity contribution in [2.75, 3.05) is 5.75 Å². The van der Waals surface area contributed by atoms with Gasteiger partial charge in [-0.1, -0.05) is 87.5 Å². The summed E-state index contributed by atoms with van der Waals surface area (Å²) >= 11 is 1.43. The summed E-state index contributed by atoms with van der Waals surface area (Å²) in [5, 5.41) is 21.7. The molecule has 2 fully saturated rings. The molecular weight excluding hydrogens is 478 g/mol. The summed E-state index contributed by atoms with van der Waals surface area (Å²) < 4.78 is 2.10. The van der Waals surface area contributed by atoms with Crippen LogP contribution in [0.2, 0.25) is 0 Å². The Morgan fingerprint density at radius 2 is 1.65 bits per heavy atom. The van der Waals surface area contributed by atoms with Crippen LogP contribution in [-0.2, 0) is 6.42 Å². The maximum atomic E-state index is 12.8. The van der Waals surface area contributed by atoms with E-state index in [0.29, 0.717) is 28.8 Å². The largest absolute Gasteiger partial charge is 0.390 e. The van der Waals surface area contributed by atoms with Crippen molar-refractivity contribution < 1.29 is 9.90 Å². The molecule has 0 unspecified atom stereocenters. The second kappa shape index (κ2) is 10.0. The zero-order valence-corrected chi connectivity index (χ0v) is 23.3. The van der Waals surface area contributed by atoms with E-state index in [-0.39, 0.29) is 22.5 Å². The number of benzene rings is 2. The Morgan fingerprint density at radius 1 is 0.973 bits per heavy atom. The Labute approximate surface area is 225 Å². The fourth-order valence-corrected chi connectivity index (χ4v) is 8.33. The molecule has 1 aromatic heterocycles. The molecular formula is C31H39N3O2S. The van der Waals surface area contributed by atoms with E-state index in [1.165, 1.54) is 24.6 Å². The summed E-state index contributed by atoms with van der Waals surface area (Å²) in [6.45, 7) is 9.26. The van der Waals surface area contributed by atoms with E-state index < -0.39 is 5.60 Å². The SMILES string of the molecule is CC1(C)CCC[C@]2(C)[C@@H](Cc3nnc(SCC(=O)c4ccccc4)n3-c3ccccc3)[C@](C)(O)CC[C@@H]12. The van der Waals surface area contributed by atoms with Gasteiger partial charge in [0, 0.05) is 23.6 Å². The number of carbonyl (C=O) groups is 1. The van der Waals surface area contributed by atoms with E-state index in [2.05, 4.69) is 47.7 Å². The predicted octanol–water partition coefficient (Wildman–Crippen LogP) is 6.78. The summed E-state index contributed by atoms with van der Waals surface area (Å²) in [7, 11) is 0. The number of ketones is 1. The smallest absolute Gasteiger partial charge is 0.196 e. The number of hydrogen-bond donors (Lipinski definition) is 1. The van der Waals surface area contributed by atoms with Crippen LogP contribution in [-0.4, -0.2) is 37.0 Å². The third kappa shape index (κ3) is 5.03. The van der Waals surface area contributed by atoms with Crippen molar-refractivity contribution >= 4 is 17.5 Å². The highest BCUT2D eigenvalue weighted by Gasteiger charge is 2.58. The number of hydrogen-bond acceptors (Lipinski definition) is 5. The molecule has 5 nitrogen and oxygen atoms in total. The first-order valence-corrected chi connectivity index (χ1v) is 14.5. The Hall–Kier alpha value is -2.44. The molecule has 0 bridgehead atoms. The number of carbonyl (C=O) groups excluding carboxylic acids is 1. The third-order valence-corrected chi connectivity index (χ3v) is 10.2. The molecule has 2 aliphatic rings. The van der Waals surface area contributed by atoms with Crippen molar-refractivity contribution in [1.29, 1.82) is 0 Å². The first-order valence-electron chi connectivity index (χ1n) is 13.5. The molecule has 1 N–H and O–H groups in total. The molecule has 5 rings (SSSR count). The van der Waals surface area contributed by atoms with Gasteiger partial charge in [-0.25, -0.2) is 0 Å². The summed E-state index contributed by atoms with van der Waals surface area (Å²) in [4.78, 5) is 12.8. The van der Waals surface area contributed by atoms with Crippen molar-refractivity contribution in [2.45, 2.75) is 77.0 Å².